The number of aromatic nitrogens is 1. The van der Waals surface area contributed by atoms with Crippen LogP contribution in [0.2, 0.25) is 0 Å². The number of hydrogen-bond acceptors (Lipinski definition) is 3. The van der Waals surface area contributed by atoms with Gasteiger partial charge in [0.2, 0.25) is 0 Å². The number of carboxylic acids is 1. The van der Waals surface area contributed by atoms with Crippen LogP contribution < -0.4 is 5.32 Å². The van der Waals surface area contributed by atoms with Crippen LogP contribution >= 0.6 is 0 Å². The van der Waals surface area contributed by atoms with E-state index < -0.39 is 24.9 Å². The highest BCUT2D eigenvalue weighted by Gasteiger charge is 2.39. The van der Waals surface area contributed by atoms with Gasteiger partial charge in [-0.25, -0.2) is 18.6 Å². The van der Waals surface area contributed by atoms with Crippen molar-refractivity contribution in [3.8, 4) is 0 Å². The lowest BCUT2D eigenvalue weighted by atomic mass is 10.3. The van der Waals surface area contributed by atoms with E-state index in [-0.39, 0.29) is 17.9 Å². The summed E-state index contributed by atoms with van der Waals surface area (Å²) in [5, 5.41) is 10.7. The first-order chi connectivity index (χ1) is 8.33. The van der Waals surface area contributed by atoms with Gasteiger partial charge in [0.1, 0.15) is 5.69 Å². The van der Waals surface area contributed by atoms with Crippen molar-refractivity contribution in [1.29, 1.82) is 0 Å². The highest BCUT2D eigenvalue weighted by molar-refractivity contribution is 5.85. The zero-order valence-electron chi connectivity index (χ0n) is 9.04. The minimum Gasteiger partial charge on any atom is -0.477 e. The third-order valence-electron chi connectivity index (χ3n) is 2.01. The summed E-state index contributed by atoms with van der Waals surface area (Å²) < 4.78 is 48.7. The summed E-state index contributed by atoms with van der Waals surface area (Å²) in [7, 11) is 0. The minimum absolute atomic E-state index is 0.181. The number of carbonyl (C=O) groups is 1. The molecule has 0 radical (unpaired) electrons. The second-order valence-electron chi connectivity index (χ2n) is 3.48. The van der Waals surface area contributed by atoms with E-state index in [9.17, 15) is 22.4 Å². The molecule has 100 valence electrons. The summed E-state index contributed by atoms with van der Waals surface area (Å²) in [6.07, 6.45) is -3.75. The Morgan fingerprint density at radius 2 is 2.11 bits per heavy atom. The molecule has 1 aromatic rings. The van der Waals surface area contributed by atoms with Crippen molar-refractivity contribution < 1.29 is 27.5 Å². The second-order valence-corrected chi connectivity index (χ2v) is 3.48. The van der Waals surface area contributed by atoms with Gasteiger partial charge in [-0.2, -0.15) is 8.78 Å². The predicted molar refractivity (Wildman–Crippen MR) is 53.9 cm³/mol. The van der Waals surface area contributed by atoms with E-state index in [2.05, 4.69) is 10.3 Å². The molecule has 18 heavy (non-hydrogen) atoms. The topological polar surface area (TPSA) is 62.2 Å². The molecule has 4 nitrogen and oxygen atoms in total. The van der Waals surface area contributed by atoms with Gasteiger partial charge in [0.25, 0.3) is 0 Å². The van der Waals surface area contributed by atoms with Crippen LogP contribution in [0.15, 0.2) is 18.2 Å². The van der Waals surface area contributed by atoms with Gasteiger partial charge in [-0.15, -0.1) is 0 Å². The summed E-state index contributed by atoms with van der Waals surface area (Å²) >= 11 is 0. The Bertz CT molecular complexity index is 426. The maximum atomic E-state index is 12.5. The Hall–Kier alpha value is -1.70. The number of rotatable bonds is 6. The molecular formula is C10H10F4N2O2. The van der Waals surface area contributed by atoms with Crippen molar-refractivity contribution in [2.24, 2.45) is 0 Å². The molecular weight excluding hydrogens is 256 g/mol. The lowest BCUT2D eigenvalue weighted by molar-refractivity contribution is -0.125. The van der Waals surface area contributed by atoms with E-state index in [4.69, 9.17) is 5.11 Å². The second kappa shape index (κ2) is 5.76. The zero-order valence-corrected chi connectivity index (χ0v) is 9.04. The number of halogens is 4. The van der Waals surface area contributed by atoms with Gasteiger partial charge >= 0.3 is 18.3 Å². The first kappa shape index (κ1) is 14.4. The van der Waals surface area contributed by atoms with E-state index >= 15 is 0 Å². The molecule has 1 rings (SSSR count). The van der Waals surface area contributed by atoms with Crippen molar-refractivity contribution in [2.45, 2.75) is 18.9 Å². The van der Waals surface area contributed by atoms with Gasteiger partial charge in [0, 0.05) is 6.54 Å². The minimum atomic E-state index is -4.12. The Morgan fingerprint density at radius 1 is 1.44 bits per heavy atom. The van der Waals surface area contributed by atoms with Crippen molar-refractivity contribution >= 4 is 5.97 Å². The normalized spacial score (nSPS) is 11.8. The molecule has 0 atom stereocenters. The number of nitrogens with one attached hydrogen (secondary N) is 1. The molecule has 2 N–H and O–H groups in total. The van der Waals surface area contributed by atoms with Gasteiger partial charge < -0.3 is 10.4 Å². The third kappa shape index (κ3) is 3.95. The van der Waals surface area contributed by atoms with E-state index in [1.54, 1.807) is 0 Å². The number of nitrogens with zero attached hydrogens (tertiary/aromatic N) is 1. The summed E-state index contributed by atoms with van der Waals surface area (Å²) in [6, 6.07) is 4.03. The van der Waals surface area contributed by atoms with Gasteiger partial charge in [-0.05, 0) is 12.1 Å². The Labute approximate surface area is 99.6 Å². The monoisotopic (exact) mass is 266 g/mol. The molecule has 1 heterocycles. The number of pyridine rings is 1. The molecule has 8 heteroatoms. The van der Waals surface area contributed by atoms with Crippen LogP contribution in [-0.2, 0) is 6.54 Å². The molecule has 0 spiro atoms. The van der Waals surface area contributed by atoms with Crippen LogP contribution in [0, 0.1) is 0 Å². The molecule has 1 aromatic heterocycles. The van der Waals surface area contributed by atoms with E-state index in [1.165, 1.54) is 18.2 Å². The van der Waals surface area contributed by atoms with Crippen LogP contribution in [0.25, 0.3) is 0 Å². The highest BCUT2D eigenvalue weighted by Crippen LogP contribution is 2.21. The molecule has 0 bridgehead atoms. The van der Waals surface area contributed by atoms with Crippen LogP contribution in [0.1, 0.15) is 16.2 Å². The largest absolute Gasteiger partial charge is 0.477 e. The molecule has 0 aromatic carbocycles. The van der Waals surface area contributed by atoms with Gasteiger partial charge in [0.05, 0.1) is 12.2 Å². The summed E-state index contributed by atoms with van der Waals surface area (Å²) in [6.45, 7) is -1.42. The smallest absolute Gasteiger partial charge is 0.354 e. The quantitative estimate of drug-likeness (QED) is 0.770. The molecule has 0 fully saturated rings. The Kier molecular flexibility index (Phi) is 4.60. The lowest BCUT2D eigenvalue weighted by Crippen LogP contribution is -2.38. The maximum absolute atomic E-state index is 12.5. The van der Waals surface area contributed by atoms with Crippen molar-refractivity contribution in [2.75, 3.05) is 6.54 Å². The van der Waals surface area contributed by atoms with Crippen LogP contribution in [0.5, 0.6) is 0 Å². The standard InChI is InChI=1S/C10H10F4N2O2/c11-9(12)10(13,14)5-15-4-6-2-1-3-7(16-6)8(17)18/h1-3,9,15H,4-5H2,(H,17,18). The first-order valence-electron chi connectivity index (χ1n) is 4.89. The zero-order chi connectivity index (χ0) is 13.8. The number of hydrogen-bond donors (Lipinski definition) is 2. The van der Waals surface area contributed by atoms with Gasteiger partial charge in [-0.3, -0.25) is 0 Å². The van der Waals surface area contributed by atoms with Crippen LogP contribution in [0.3, 0.4) is 0 Å². The number of carboxylic acid groups (broad SMARTS) is 1. The number of alkyl halides is 4. The predicted octanol–water partition coefficient (Wildman–Crippen LogP) is 1.77. The fraction of sp³-hybridized carbons (Fsp3) is 0.400. The maximum Gasteiger partial charge on any atom is 0.354 e. The summed E-state index contributed by atoms with van der Waals surface area (Å²) in [5.74, 6) is -5.38. The fourth-order valence-electron chi connectivity index (χ4n) is 1.13. The molecule has 0 amide bonds. The van der Waals surface area contributed by atoms with Crippen LogP contribution in [-0.4, -0.2) is 35.0 Å². The van der Waals surface area contributed by atoms with Crippen molar-refractivity contribution in [3.63, 3.8) is 0 Å². The van der Waals surface area contributed by atoms with E-state index in [1.807, 2.05) is 0 Å². The third-order valence-corrected chi connectivity index (χ3v) is 2.01. The molecule has 0 unspecified atom stereocenters. The molecule has 0 saturated heterocycles. The van der Waals surface area contributed by atoms with Gasteiger partial charge in [-0.1, -0.05) is 6.07 Å². The molecule has 0 aliphatic rings. The number of aromatic carboxylic acids is 1. The van der Waals surface area contributed by atoms with E-state index in [0.717, 1.165) is 0 Å². The van der Waals surface area contributed by atoms with Gasteiger partial charge in [0.15, 0.2) is 0 Å². The van der Waals surface area contributed by atoms with Crippen LogP contribution in [0.4, 0.5) is 17.6 Å². The fourth-order valence-corrected chi connectivity index (χ4v) is 1.13. The average molecular weight is 266 g/mol. The lowest BCUT2D eigenvalue weighted by Gasteiger charge is -2.15. The molecule has 0 aliphatic carbocycles. The summed E-state index contributed by atoms with van der Waals surface area (Å²) in [4.78, 5) is 14.2. The first-order valence-corrected chi connectivity index (χ1v) is 4.89. The summed E-state index contributed by atoms with van der Waals surface area (Å²) in [5.41, 5.74) is -0.0603. The Morgan fingerprint density at radius 3 is 2.67 bits per heavy atom. The molecule has 0 aliphatic heterocycles. The van der Waals surface area contributed by atoms with E-state index in [0.29, 0.717) is 0 Å². The molecule has 0 saturated carbocycles. The SMILES string of the molecule is O=C(O)c1cccc(CNCC(F)(F)C(F)F)n1. The average Bonchev–Trinajstić information content (AvgIpc) is 2.29. The Balaban J connectivity index is 2.54. The highest BCUT2D eigenvalue weighted by atomic mass is 19.3. The van der Waals surface area contributed by atoms with Crippen molar-refractivity contribution in [3.05, 3.63) is 29.6 Å². The van der Waals surface area contributed by atoms with Crippen molar-refractivity contribution in [1.82, 2.24) is 10.3 Å².